The molecule has 0 aliphatic carbocycles. The Labute approximate surface area is 221 Å². The van der Waals surface area contributed by atoms with Crippen LogP contribution in [0.3, 0.4) is 0 Å². The van der Waals surface area contributed by atoms with Crippen LogP contribution in [0.1, 0.15) is 57.4 Å². The number of anilines is 1. The van der Waals surface area contributed by atoms with Crippen LogP contribution in [0.5, 0.6) is 5.75 Å². The van der Waals surface area contributed by atoms with Crippen LogP contribution in [-0.2, 0) is 10.9 Å². The number of ether oxygens (including phenoxy) is 2. The Morgan fingerprint density at radius 1 is 1.11 bits per heavy atom. The standard InChI is InChI=1S/C29H36F3N3O3/c1-17-10-8-12-20(14-17)25-22(37-7)16-21(26-24(25)18(2)15-23(35-26)29(30,31)32)34-19(3)11-9-13-33-27(36)38-28(4,5)6/h8,10,12,14-16,19,34H,9,11,13H2,1-7H3,(H,33,36). The van der Waals surface area contributed by atoms with Gasteiger partial charge in [0.05, 0.1) is 18.3 Å². The first-order valence-corrected chi connectivity index (χ1v) is 12.6. The predicted octanol–water partition coefficient (Wildman–Crippen LogP) is 7.65. The molecule has 3 rings (SSSR count). The number of alkyl halides is 3. The van der Waals surface area contributed by atoms with Crippen LogP contribution < -0.4 is 15.4 Å². The third-order valence-electron chi connectivity index (χ3n) is 5.94. The van der Waals surface area contributed by atoms with E-state index in [0.717, 1.165) is 17.2 Å². The summed E-state index contributed by atoms with van der Waals surface area (Å²) in [4.78, 5) is 15.9. The quantitative estimate of drug-likeness (QED) is 0.292. The van der Waals surface area contributed by atoms with Crippen LogP contribution in [0.25, 0.3) is 22.0 Å². The molecule has 9 heteroatoms. The largest absolute Gasteiger partial charge is 0.496 e. The second-order valence-corrected chi connectivity index (χ2v) is 10.5. The molecule has 3 aromatic rings. The smallest absolute Gasteiger partial charge is 0.433 e. The van der Waals surface area contributed by atoms with Crippen LogP contribution in [0.15, 0.2) is 36.4 Å². The second kappa shape index (κ2) is 11.5. The van der Waals surface area contributed by atoms with Gasteiger partial charge < -0.3 is 20.1 Å². The molecule has 1 aromatic heterocycles. The van der Waals surface area contributed by atoms with Gasteiger partial charge in [0, 0.05) is 29.6 Å². The number of methoxy groups -OCH3 is 1. The number of aryl methyl sites for hydroxylation is 2. The lowest BCUT2D eigenvalue weighted by Gasteiger charge is -2.22. The summed E-state index contributed by atoms with van der Waals surface area (Å²) in [6.45, 7) is 11.3. The number of amides is 1. The first-order chi connectivity index (χ1) is 17.7. The van der Waals surface area contributed by atoms with Crippen molar-refractivity contribution in [1.82, 2.24) is 10.3 Å². The van der Waals surface area contributed by atoms with E-state index < -0.39 is 23.6 Å². The zero-order valence-corrected chi connectivity index (χ0v) is 23.0. The van der Waals surface area contributed by atoms with E-state index in [0.29, 0.717) is 47.3 Å². The molecule has 2 N–H and O–H groups in total. The molecule has 0 saturated heterocycles. The molecule has 1 amide bonds. The molecule has 0 aliphatic rings. The van der Waals surface area contributed by atoms with Gasteiger partial charge in [0.2, 0.25) is 0 Å². The third-order valence-corrected chi connectivity index (χ3v) is 5.94. The monoisotopic (exact) mass is 531 g/mol. The zero-order valence-electron chi connectivity index (χ0n) is 23.0. The topological polar surface area (TPSA) is 72.5 Å². The molecule has 206 valence electrons. The fourth-order valence-electron chi connectivity index (χ4n) is 4.33. The van der Waals surface area contributed by atoms with Gasteiger partial charge in [-0.2, -0.15) is 13.2 Å². The SMILES string of the molecule is COc1cc(NC(C)CCCNC(=O)OC(C)(C)C)c2nc(C(F)(F)F)cc(C)c2c1-c1cccc(C)c1. The molecule has 38 heavy (non-hydrogen) atoms. The summed E-state index contributed by atoms with van der Waals surface area (Å²) in [5.41, 5.74) is 2.17. The normalized spacial score (nSPS) is 12.8. The van der Waals surface area contributed by atoms with E-state index in [-0.39, 0.29) is 11.6 Å². The predicted molar refractivity (Wildman–Crippen MR) is 145 cm³/mol. The maximum atomic E-state index is 13.7. The lowest BCUT2D eigenvalue weighted by Crippen LogP contribution is -2.33. The summed E-state index contributed by atoms with van der Waals surface area (Å²) in [6, 6.07) is 10.4. The molecule has 0 fully saturated rings. The Balaban J connectivity index is 1.96. The van der Waals surface area contributed by atoms with E-state index in [9.17, 15) is 18.0 Å². The number of carbonyl (C=O) groups is 1. The average molecular weight is 532 g/mol. The lowest BCUT2D eigenvalue weighted by molar-refractivity contribution is -0.141. The Kier molecular flexibility index (Phi) is 8.79. The highest BCUT2D eigenvalue weighted by atomic mass is 19.4. The first kappa shape index (κ1) is 29.1. The third kappa shape index (κ3) is 7.30. The van der Waals surface area contributed by atoms with Crippen molar-refractivity contribution in [3.8, 4) is 16.9 Å². The first-order valence-electron chi connectivity index (χ1n) is 12.6. The molecule has 0 spiro atoms. The summed E-state index contributed by atoms with van der Waals surface area (Å²) in [5, 5.41) is 6.65. The second-order valence-electron chi connectivity index (χ2n) is 10.5. The minimum absolute atomic E-state index is 0.121. The number of alkyl carbamates (subject to hydrolysis) is 1. The van der Waals surface area contributed by atoms with Gasteiger partial charge in [-0.05, 0) is 71.6 Å². The Morgan fingerprint density at radius 2 is 1.82 bits per heavy atom. The van der Waals surface area contributed by atoms with Crippen LogP contribution >= 0.6 is 0 Å². The minimum Gasteiger partial charge on any atom is -0.496 e. The minimum atomic E-state index is -4.58. The van der Waals surface area contributed by atoms with Crippen molar-refractivity contribution < 1.29 is 27.4 Å². The molecular formula is C29H36F3N3O3. The van der Waals surface area contributed by atoms with Gasteiger partial charge in [0.15, 0.2) is 0 Å². The Morgan fingerprint density at radius 3 is 2.42 bits per heavy atom. The van der Waals surface area contributed by atoms with Crippen molar-refractivity contribution in [2.75, 3.05) is 19.0 Å². The number of hydrogen-bond donors (Lipinski definition) is 2. The molecule has 6 nitrogen and oxygen atoms in total. The number of pyridine rings is 1. The van der Waals surface area contributed by atoms with Gasteiger partial charge in [0.25, 0.3) is 0 Å². The Hall–Kier alpha value is -3.49. The molecule has 0 saturated carbocycles. The fraction of sp³-hybridized carbons (Fsp3) is 0.448. The van der Waals surface area contributed by atoms with Gasteiger partial charge in [-0.3, -0.25) is 0 Å². The van der Waals surface area contributed by atoms with Gasteiger partial charge in [-0.25, -0.2) is 9.78 Å². The number of carbonyl (C=O) groups excluding carboxylic acids is 1. The van der Waals surface area contributed by atoms with E-state index in [4.69, 9.17) is 9.47 Å². The number of hydrogen-bond acceptors (Lipinski definition) is 5. The number of benzene rings is 2. The summed E-state index contributed by atoms with van der Waals surface area (Å²) in [7, 11) is 1.54. The van der Waals surface area contributed by atoms with Crippen LogP contribution in [0.4, 0.5) is 23.7 Å². The number of nitrogens with zero attached hydrogens (tertiary/aromatic N) is 1. The molecule has 1 heterocycles. The van der Waals surface area contributed by atoms with Crippen molar-refractivity contribution in [2.24, 2.45) is 0 Å². The van der Waals surface area contributed by atoms with E-state index in [2.05, 4.69) is 15.6 Å². The van der Waals surface area contributed by atoms with Crippen molar-refractivity contribution in [3.05, 3.63) is 53.2 Å². The average Bonchev–Trinajstić information content (AvgIpc) is 2.80. The molecular weight excluding hydrogens is 495 g/mol. The van der Waals surface area contributed by atoms with Crippen molar-refractivity contribution in [3.63, 3.8) is 0 Å². The van der Waals surface area contributed by atoms with E-state index >= 15 is 0 Å². The molecule has 2 aromatic carbocycles. The zero-order chi connectivity index (χ0) is 28.3. The maximum absolute atomic E-state index is 13.7. The summed E-state index contributed by atoms with van der Waals surface area (Å²) in [5.74, 6) is 0.536. The number of aromatic nitrogens is 1. The number of halogens is 3. The number of nitrogens with one attached hydrogen (secondary N) is 2. The van der Waals surface area contributed by atoms with Crippen LogP contribution in [0, 0.1) is 13.8 Å². The highest BCUT2D eigenvalue weighted by Gasteiger charge is 2.34. The molecule has 0 aliphatic heterocycles. The summed E-state index contributed by atoms with van der Waals surface area (Å²) in [6.07, 6.45) is -3.78. The molecule has 0 bridgehead atoms. The molecule has 1 unspecified atom stereocenters. The maximum Gasteiger partial charge on any atom is 0.433 e. The fourth-order valence-corrected chi connectivity index (χ4v) is 4.33. The highest BCUT2D eigenvalue weighted by molar-refractivity contribution is 6.06. The summed E-state index contributed by atoms with van der Waals surface area (Å²) < 4.78 is 52.2. The van der Waals surface area contributed by atoms with Gasteiger partial charge in [0.1, 0.15) is 17.0 Å². The van der Waals surface area contributed by atoms with E-state index in [1.54, 1.807) is 40.9 Å². The van der Waals surface area contributed by atoms with Crippen molar-refractivity contribution >= 4 is 22.7 Å². The number of fused-ring (bicyclic) bond motifs is 1. The van der Waals surface area contributed by atoms with Gasteiger partial charge in [-0.1, -0.05) is 29.8 Å². The highest BCUT2D eigenvalue weighted by Crippen LogP contribution is 2.44. The summed E-state index contributed by atoms with van der Waals surface area (Å²) >= 11 is 0. The molecule has 1 atom stereocenters. The van der Waals surface area contributed by atoms with E-state index in [1.807, 2.05) is 38.1 Å². The molecule has 0 radical (unpaired) electrons. The Bertz CT molecular complexity index is 1300. The van der Waals surface area contributed by atoms with E-state index in [1.165, 1.54) is 0 Å². The van der Waals surface area contributed by atoms with Gasteiger partial charge in [-0.15, -0.1) is 0 Å². The van der Waals surface area contributed by atoms with Crippen LogP contribution in [-0.4, -0.2) is 36.4 Å². The lowest BCUT2D eigenvalue weighted by atomic mass is 9.94. The van der Waals surface area contributed by atoms with Crippen LogP contribution in [0.2, 0.25) is 0 Å². The van der Waals surface area contributed by atoms with Crippen molar-refractivity contribution in [2.45, 2.75) is 72.2 Å². The number of rotatable bonds is 8. The van der Waals surface area contributed by atoms with Gasteiger partial charge >= 0.3 is 12.3 Å². The van der Waals surface area contributed by atoms with Crippen molar-refractivity contribution in [1.29, 1.82) is 0 Å².